The molecule has 0 spiro atoms. The lowest BCUT2D eigenvalue weighted by molar-refractivity contribution is -0.387. The topological polar surface area (TPSA) is 101 Å². The van der Waals surface area contributed by atoms with Crippen LogP contribution in [0.3, 0.4) is 0 Å². The number of nitro groups is 1. The van der Waals surface area contributed by atoms with Crippen LogP contribution in [0.2, 0.25) is 0 Å². The Labute approximate surface area is 186 Å². The third-order valence-corrected chi connectivity index (χ3v) is 7.76. The lowest BCUT2D eigenvalue weighted by Crippen LogP contribution is -2.63. The third-order valence-electron chi connectivity index (χ3n) is 5.46. The lowest BCUT2D eigenvalue weighted by Gasteiger charge is -2.46. The Balaban J connectivity index is 2.01. The molecule has 0 saturated carbocycles. The normalized spacial score (nSPS) is 20.1. The van der Waals surface area contributed by atoms with E-state index in [-0.39, 0.29) is 35.7 Å². The minimum atomic E-state index is -4.19. The van der Waals surface area contributed by atoms with Crippen molar-refractivity contribution in [3.63, 3.8) is 0 Å². The smallest absolute Gasteiger partial charge is 0.289 e. The molecule has 2 aromatic carbocycles. The van der Waals surface area contributed by atoms with Crippen molar-refractivity contribution in [2.45, 2.75) is 30.8 Å². The number of para-hydroxylation sites is 1. The molecule has 1 saturated heterocycles. The number of halogens is 1. The Morgan fingerprint density at radius 3 is 2.32 bits per heavy atom. The van der Waals surface area contributed by atoms with Gasteiger partial charge in [0.1, 0.15) is 0 Å². The number of rotatable bonds is 6. The molecule has 1 aliphatic rings. The Hall–Kier alpha value is -2.49. The van der Waals surface area contributed by atoms with E-state index in [1.165, 1.54) is 28.6 Å². The molecule has 166 valence electrons. The van der Waals surface area contributed by atoms with E-state index in [0.717, 1.165) is 0 Å². The van der Waals surface area contributed by atoms with E-state index < -0.39 is 32.7 Å². The average Bonchev–Trinajstić information content (AvgIpc) is 2.78. The van der Waals surface area contributed by atoms with Crippen molar-refractivity contribution in [3.8, 4) is 0 Å². The Morgan fingerprint density at radius 2 is 1.74 bits per heavy atom. The molecule has 0 N–H and O–H groups in total. The Bertz CT molecular complexity index is 1060. The summed E-state index contributed by atoms with van der Waals surface area (Å²) < 4.78 is 28.3. The number of nitrogens with zero attached hydrogens (tertiary/aromatic N) is 3. The Kier molecular flexibility index (Phi) is 6.98. The number of piperazine rings is 1. The summed E-state index contributed by atoms with van der Waals surface area (Å²) in [4.78, 5) is 25.1. The first-order valence-electron chi connectivity index (χ1n) is 9.85. The third kappa shape index (κ3) is 4.58. The van der Waals surface area contributed by atoms with Crippen molar-refractivity contribution in [1.29, 1.82) is 0 Å². The lowest BCUT2D eigenvalue weighted by atomic mass is 9.99. The van der Waals surface area contributed by atoms with Crippen molar-refractivity contribution in [1.82, 2.24) is 9.21 Å². The summed E-state index contributed by atoms with van der Waals surface area (Å²) in [7, 11) is -4.19. The number of sulfonamides is 1. The number of amides is 1. The minimum absolute atomic E-state index is 0.0340. The van der Waals surface area contributed by atoms with Gasteiger partial charge in [0.15, 0.2) is 4.90 Å². The number of carbonyl (C=O) groups is 1. The van der Waals surface area contributed by atoms with Gasteiger partial charge in [-0.25, -0.2) is 8.42 Å². The highest BCUT2D eigenvalue weighted by Gasteiger charge is 2.44. The number of benzene rings is 2. The second kappa shape index (κ2) is 9.33. The molecule has 0 aromatic heterocycles. The summed E-state index contributed by atoms with van der Waals surface area (Å²) >= 11 is 6.15. The summed E-state index contributed by atoms with van der Waals surface area (Å²) in [6, 6.07) is 12.9. The molecule has 8 nitrogen and oxygen atoms in total. The van der Waals surface area contributed by atoms with Crippen LogP contribution in [-0.4, -0.2) is 59.5 Å². The molecule has 1 heterocycles. The number of hydrogen-bond donors (Lipinski definition) is 0. The van der Waals surface area contributed by atoms with Gasteiger partial charge >= 0.3 is 0 Å². The number of carbonyl (C=O) groups excluding carboxylic acids is 1. The van der Waals surface area contributed by atoms with E-state index >= 15 is 0 Å². The van der Waals surface area contributed by atoms with E-state index in [9.17, 15) is 23.3 Å². The molecule has 0 unspecified atom stereocenters. The van der Waals surface area contributed by atoms with Crippen LogP contribution in [0.1, 0.15) is 24.2 Å². The fourth-order valence-corrected chi connectivity index (χ4v) is 5.99. The van der Waals surface area contributed by atoms with Crippen LogP contribution in [0, 0.1) is 16.0 Å². The van der Waals surface area contributed by atoms with Crippen molar-refractivity contribution in [3.05, 3.63) is 70.3 Å². The number of alkyl halides is 1. The monoisotopic (exact) mass is 465 g/mol. The molecule has 1 aliphatic heterocycles. The van der Waals surface area contributed by atoms with Gasteiger partial charge in [-0.15, -0.1) is 11.6 Å². The van der Waals surface area contributed by atoms with Gasteiger partial charge in [-0.05, 0) is 24.1 Å². The SMILES string of the molecule is CC(C)[C@H]1CN(C(=O)c2ccccc2)[C@@H](CCl)CN1S(=O)(=O)c1ccccc1[N+](=O)[O-]. The van der Waals surface area contributed by atoms with Gasteiger partial charge in [-0.2, -0.15) is 4.31 Å². The van der Waals surface area contributed by atoms with Crippen molar-refractivity contribution in [2.75, 3.05) is 19.0 Å². The van der Waals surface area contributed by atoms with Gasteiger partial charge in [0.05, 0.1) is 11.0 Å². The predicted octanol–water partition coefficient (Wildman–Crippen LogP) is 3.37. The van der Waals surface area contributed by atoms with E-state index in [0.29, 0.717) is 5.56 Å². The fourth-order valence-electron chi connectivity index (χ4n) is 3.78. The van der Waals surface area contributed by atoms with Gasteiger partial charge in [0, 0.05) is 36.6 Å². The van der Waals surface area contributed by atoms with E-state index in [1.807, 2.05) is 19.9 Å². The van der Waals surface area contributed by atoms with E-state index in [1.54, 1.807) is 29.2 Å². The Morgan fingerprint density at radius 1 is 1.13 bits per heavy atom. The first kappa shape index (κ1) is 23.2. The first-order valence-corrected chi connectivity index (χ1v) is 11.8. The molecule has 3 rings (SSSR count). The second-order valence-corrected chi connectivity index (χ2v) is 9.91. The molecule has 0 aliphatic carbocycles. The minimum Gasteiger partial charge on any atom is -0.332 e. The highest BCUT2D eigenvalue weighted by Crippen LogP contribution is 2.32. The summed E-state index contributed by atoms with van der Waals surface area (Å²) in [5, 5.41) is 11.4. The largest absolute Gasteiger partial charge is 0.332 e. The molecular formula is C21H24ClN3O5S. The summed E-state index contributed by atoms with van der Waals surface area (Å²) in [5.74, 6) is -0.328. The van der Waals surface area contributed by atoms with Crippen LogP contribution < -0.4 is 0 Å². The predicted molar refractivity (Wildman–Crippen MR) is 118 cm³/mol. The molecule has 2 aromatic rings. The molecule has 0 radical (unpaired) electrons. The molecule has 1 fully saturated rings. The van der Waals surface area contributed by atoms with Crippen LogP contribution in [0.15, 0.2) is 59.5 Å². The average molecular weight is 466 g/mol. The summed E-state index contributed by atoms with van der Waals surface area (Å²) in [6.07, 6.45) is 0. The van der Waals surface area contributed by atoms with Crippen LogP contribution in [0.25, 0.3) is 0 Å². The van der Waals surface area contributed by atoms with E-state index in [2.05, 4.69) is 0 Å². The molecule has 0 bridgehead atoms. The van der Waals surface area contributed by atoms with Gasteiger partial charge in [0.25, 0.3) is 11.6 Å². The van der Waals surface area contributed by atoms with Crippen molar-refractivity contribution < 1.29 is 18.1 Å². The van der Waals surface area contributed by atoms with Crippen LogP contribution in [-0.2, 0) is 10.0 Å². The van der Waals surface area contributed by atoms with Gasteiger partial charge in [-0.1, -0.05) is 44.2 Å². The molecule has 1 amide bonds. The standard InChI is InChI=1S/C21H24ClN3O5S/c1-15(2)19-14-23(21(26)16-8-4-3-5-9-16)17(12-22)13-24(19)31(29,30)20-11-7-6-10-18(20)25(27)28/h3-11,15,17,19H,12-14H2,1-2H3/t17-,19+/m0/s1. The zero-order valence-corrected chi connectivity index (χ0v) is 18.8. The molecule has 10 heteroatoms. The number of hydrogen-bond acceptors (Lipinski definition) is 5. The maximum Gasteiger partial charge on any atom is 0.289 e. The van der Waals surface area contributed by atoms with Crippen molar-refractivity contribution >= 4 is 33.2 Å². The van der Waals surface area contributed by atoms with Crippen LogP contribution >= 0.6 is 11.6 Å². The van der Waals surface area contributed by atoms with Crippen molar-refractivity contribution in [2.24, 2.45) is 5.92 Å². The van der Waals surface area contributed by atoms with Gasteiger partial charge < -0.3 is 4.90 Å². The van der Waals surface area contributed by atoms with Gasteiger partial charge in [-0.3, -0.25) is 14.9 Å². The highest BCUT2D eigenvalue weighted by molar-refractivity contribution is 7.89. The molecule has 31 heavy (non-hydrogen) atoms. The summed E-state index contributed by atoms with van der Waals surface area (Å²) in [5.41, 5.74) is 0.0188. The van der Waals surface area contributed by atoms with Crippen LogP contribution in [0.4, 0.5) is 5.69 Å². The zero-order chi connectivity index (χ0) is 22.8. The second-order valence-electron chi connectivity index (χ2n) is 7.74. The summed E-state index contributed by atoms with van der Waals surface area (Å²) in [6.45, 7) is 3.82. The highest BCUT2D eigenvalue weighted by atomic mass is 35.5. The van der Waals surface area contributed by atoms with Gasteiger partial charge in [0.2, 0.25) is 10.0 Å². The zero-order valence-electron chi connectivity index (χ0n) is 17.2. The number of nitro benzene ring substituents is 1. The molecular weight excluding hydrogens is 442 g/mol. The maximum atomic E-state index is 13.5. The van der Waals surface area contributed by atoms with E-state index in [4.69, 9.17) is 11.6 Å². The van der Waals surface area contributed by atoms with Crippen LogP contribution in [0.5, 0.6) is 0 Å². The quantitative estimate of drug-likeness (QED) is 0.370. The first-order chi connectivity index (χ1) is 14.7. The molecule has 2 atom stereocenters. The fraction of sp³-hybridized carbons (Fsp3) is 0.381. The maximum absolute atomic E-state index is 13.5.